The molecule has 0 heterocycles. The van der Waals surface area contributed by atoms with Gasteiger partial charge in [-0.05, 0) is 37.1 Å². The zero-order valence-corrected chi connectivity index (χ0v) is 10.4. The predicted molar refractivity (Wildman–Crippen MR) is 65.3 cm³/mol. The lowest BCUT2D eigenvalue weighted by Gasteiger charge is -2.12. The average Bonchev–Trinajstić information content (AvgIpc) is 2.23. The summed E-state index contributed by atoms with van der Waals surface area (Å²) in [5, 5.41) is 5.11. The number of carbonyl (C=O) groups is 2. The van der Waals surface area contributed by atoms with Gasteiger partial charge in [0.25, 0.3) is 0 Å². The van der Waals surface area contributed by atoms with Crippen molar-refractivity contribution in [1.82, 2.24) is 5.32 Å². The summed E-state index contributed by atoms with van der Waals surface area (Å²) in [5.41, 5.74) is 2.44. The highest BCUT2D eigenvalue weighted by Crippen LogP contribution is 2.26. The second-order valence-corrected chi connectivity index (χ2v) is 3.75. The van der Waals surface area contributed by atoms with Crippen LogP contribution in [0.25, 0.3) is 0 Å². The van der Waals surface area contributed by atoms with Crippen molar-refractivity contribution >= 4 is 17.7 Å². The van der Waals surface area contributed by atoms with E-state index in [0.717, 1.165) is 16.8 Å². The minimum atomic E-state index is -0.518. The fraction of sp³-hybridized carbons (Fsp3) is 0.333. The summed E-state index contributed by atoms with van der Waals surface area (Å²) in [5.74, 6) is 0.324. The van der Waals surface area contributed by atoms with Crippen LogP contribution in [0.2, 0.25) is 0 Å². The Morgan fingerprint density at radius 2 is 1.71 bits per heavy atom. The van der Waals surface area contributed by atoms with Gasteiger partial charge in [0.15, 0.2) is 0 Å². The molecule has 92 valence electrons. The van der Waals surface area contributed by atoms with Crippen molar-refractivity contribution in [2.24, 2.45) is 0 Å². The van der Waals surface area contributed by atoms with Gasteiger partial charge >= 0.3 is 6.09 Å². The molecule has 1 aromatic rings. The third-order valence-electron chi connectivity index (χ3n) is 2.22. The lowest BCUT2D eigenvalue weighted by molar-refractivity contribution is -0.114. The van der Waals surface area contributed by atoms with Gasteiger partial charge < -0.3 is 15.4 Å². The molecule has 0 aliphatic carbocycles. The average molecular weight is 236 g/mol. The molecule has 0 saturated heterocycles. The number of rotatable bonds is 2. The first-order valence-corrected chi connectivity index (χ1v) is 5.22. The van der Waals surface area contributed by atoms with Crippen LogP contribution < -0.4 is 15.4 Å². The van der Waals surface area contributed by atoms with Gasteiger partial charge in [0.05, 0.1) is 0 Å². The van der Waals surface area contributed by atoms with Crippen LogP contribution in [0.15, 0.2) is 12.1 Å². The number of anilines is 1. The topological polar surface area (TPSA) is 67.4 Å². The molecule has 0 radical (unpaired) electrons. The van der Waals surface area contributed by atoms with E-state index in [0.29, 0.717) is 5.75 Å². The SMILES string of the molecule is CNC(=O)Oc1cc(C)c(NC(C)=O)c(C)c1. The largest absolute Gasteiger partial charge is 0.412 e. The van der Waals surface area contributed by atoms with Crippen molar-refractivity contribution in [1.29, 1.82) is 0 Å². The van der Waals surface area contributed by atoms with Gasteiger partial charge in [0.1, 0.15) is 5.75 Å². The molecule has 17 heavy (non-hydrogen) atoms. The molecule has 0 fully saturated rings. The van der Waals surface area contributed by atoms with Gasteiger partial charge in [-0.25, -0.2) is 4.79 Å². The Labute approximate surface area is 100 Å². The molecule has 2 N–H and O–H groups in total. The van der Waals surface area contributed by atoms with E-state index in [-0.39, 0.29) is 5.91 Å². The third kappa shape index (κ3) is 3.48. The summed E-state index contributed by atoms with van der Waals surface area (Å²) < 4.78 is 5.02. The summed E-state index contributed by atoms with van der Waals surface area (Å²) in [6.07, 6.45) is -0.518. The van der Waals surface area contributed by atoms with E-state index in [1.54, 1.807) is 12.1 Å². The summed E-state index contributed by atoms with van der Waals surface area (Å²) >= 11 is 0. The Morgan fingerprint density at radius 3 is 2.12 bits per heavy atom. The van der Waals surface area contributed by atoms with E-state index in [2.05, 4.69) is 10.6 Å². The molecule has 1 aromatic carbocycles. The molecular formula is C12H16N2O3. The van der Waals surface area contributed by atoms with E-state index in [9.17, 15) is 9.59 Å². The van der Waals surface area contributed by atoms with Crippen molar-refractivity contribution in [3.8, 4) is 5.75 Å². The van der Waals surface area contributed by atoms with E-state index >= 15 is 0 Å². The van der Waals surface area contributed by atoms with Gasteiger partial charge in [-0.2, -0.15) is 0 Å². The second-order valence-electron chi connectivity index (χ2n) is 3.75. The van der Waals surface area contributed by atoms with Crippen LogP contribution in [-0.4, -0.2) is 19.0 Å². The van der Waals surface area contributed by atoms with Gasteiger partial charge in [-0.3, -0.25) is 4.79 Å². The van der Waals surface area contributed by atoms with Crippen molar-refractivity contribution in [3.63, 3.8) is 0 Å². The highest BCUT2D eigenvalue weighted by molar-refractivity contribution is 5.90. The number of hydrogen-bond donors (Lipinski definition) is 2. The quantitative estimate of drug-likeness (QED) is 0.825. The maximum Gasteiger partial charge on any atom is 0.412 e. The lowest BCUT2D eigenvalue weighted by atomic mass is 10.1. The number of benzene rings is 1. The number of ether oxygens (including phenoxy) is 1. The summed E-state index contributed by atoms with van der Waals surface area (Å²) in [6, 6.07) is 3.40. The van der Waals surface area contributed by atoms with Gasteiger partial charge in [0, 0.05) is 19.7 Å². The fourth-order valence-electron chi connectivity index (χ4n) is 1.51. The van der Waals surface area contributed by atoms with Crippen molar-refractivity contribution in [2.75, 3.05) is 12.4 Å². The molecule has 0 atom stereocenters. The Hall–Kier alpha value is -2.04. The molecule has 0 spiro atoms. The summed E-state index contributed by atoms with van der Waals surface area (Å²) in [7, 11) is 1.49. The first-order chi connectivity index (χ1) is 7.93. The van der Waals surface area contributed by atoms with E-state index < -0.39 is 6.09 Å². The minimum absolute atomic E-state index is 0.129. The highest BCUT2D eigenvalue weighted by Gasteiger charge is 2.09. The maximum atomic E-state index is 11.1. The zero-order valence-electron chi connectivity index (χ0n) is 10.4. The third-order valence-corrected chi connectivity index (χ3v) is 2.22. The lowest BCUT2D eigenvalue weighted by Crippen LogP contribution is -2.22. The standard InChI is InChI=1S/C12H16N2O3/c1-7-5-10(17-12(16)13-4)6-8(2)11(7)14-9(3)15/h5-6H,1-4H3,(H,13,16)(H,14,15). The molecule has 0 bridgehead atoms. The first-order valence-electron chi connectivity index (χ1n) is 5.22. The maximum absolute atomic E-state index is 11.1. The Balaban J connectivity index is 3.00. The van der Waals surface area contributed by atoms with Crippen molar-refractivity contribution in [3.05, 3.63) is 23.3 Å². The number of nitrogens with one attached hydrogen (secondary N) is 2. The molecule has 5 nitrogen and oxygen atoms in total. The normalized spacial score (nSPS) is 9.65. The Bertz CT molecular complexity index is 432. The molecule has 0 aromatic heterocycles. The van der Waals surface area contributed by atoms with Crippen LogP contribution in [0.3, 0.4) is 0 Å². The molecule has 0 aliphatic rings. The van der Waals surface area contributed by atoms with Crippen LogP contribution in [0, 0.1) is 13.8 Å². The van der Waals surface area contributed by atoms with Crippen molar-refractivity contribution in [2.45, 2.75) is 20.8 Å². The predicted octanol–water partition coefficient (Wildman–Crippen LogP) is 1.98. The van der Waals surface area contributed by atoms with E-state index in [1.165, 1.54) is 14.0 Å². The number of hydrogen-bond acceptors (Lipinski definition) is 3. The second kappa shape index (κ2) is 5.34. The molecule has 0 unspecified atom stereocenters. The molecule has 0 saturated carbocycles. The van der Waals surface area contributed by atoms with Gasteiger partial charge in [-0.1, -0.05) is 0 Å². The highest BCUT2D eigenvalue weighted by atomic mass is 16.5. The zero-order chi connectivity index (χ0) is 13.0. The summed E-state index contributed by atoms with van der Waals surface area (Å²) in [6.45, 7) is 5.14. The van der Waals surface area contributed by atoms with Crippen LogP contribution in [0.4, 0.5) is 10.5 Å². The molecule has 5 heteroatoms. The van der Waals surface area contributed by atoms with Crippen LogP contribution >= 0.6 is 0 Å². The number of aryl methyl sites for hydroxylation is 2. The van der Waals surface area contributed by atoms with Crippen LogP contribution in [0.1, 0.15) is 18.1 Å². The molecule has 1 rings (SSSR count). The van der Waals surface area contributed by atoms with Crippen molar-refractivity contribution < 1.29 is 14.3 Å². The minimum Gasteiger partial charge on any atom is -0.410 e. The summed E-state index contributed by atoms with van der Waals surface area (Å²) in [4.78, 5) is 22.1. The van der Waals surface area contributed by atoms with Crippen LogP contribution in [-0.2, 0) is 4.79 Å². The molecule has 2 amide bonds. The van der Waals surface area contributed by atoms with E-state index in [1.807, 2.05) is 13.8 Å². The fourth-order valence-corrected chi connectivity index (χ4v) is 1.51. The first kappa shape index (κ1) is 13.0. The van der Waals surface area contributed by atoms with Crippen LogP contribution in [0.5, 0.6) is 5.75 Å². The smallest absolute Gasteiger partial charge is 0.410 e. The number of amides is 2. The Morgan fingerprint density at radius 1 is 1.18 bits per heavy atom. The van der Waals surface area contributed by atoms with Gasteiger partial charge in [-0.15, -0.1) is 0 Å². The monoisotopic (exact) mass is 236 g/mol. The molecule has 0 aliphatic heterocycles. The Kier molecular flexibility index (Phi) is 4.09. The van der Waals surface area contributed by atoms with E-state index in [4.69, 9.17) is 4.74 Å². The van der Waals surface area contributed by atoms with Gasteiger partial charge in [0.2, 0.25) is 5.91 Å². The number of carbonyl (C=O) groups excluding carboxylic acids is 2. The molecular weight excluding hydrogens is 220 g/mol.